The Morgan fingerprint density at radius 1 is 1.19 bits per heavy atom. The van der Waals surface area contributed by atoms with E-state index >= 15 is 0 Å². The maximum atomic E-state index is 12.2. The molecule has 6 heteroatoms. The fourth-order valence-electron chi connectivity index (χ4n) is 2.64. The third-order valence-corrected chi connectivity index (χ3v) is 3.60. The van der Waals surface area contributed by atoms with Crippen LogP contribution in [-0.2, 0) is 11.8 Å². The Kier molecular flexibility index (Phi) is 3.10. The summed E-state index contributed by atoms with van der Waals surface area (Å²) in [5.41, 5.74) is 2.97. The van der Waals surface area contributed by atoms with Crippen molar-refractivity contribution in [1.29, 1.82) is 0 Å². The first-order chi connectivity index (χ1) is 10.0. The Bertz CT molecular complexity index is 734. The summed E-state index contributed by atoms with van der Waals surface area (Å²) in [6.07, 6.45) is -1.41. The van der Waals surface area contributed by atoms with Gasteiger partial charge in [0.25, 0.3) is 5.91 Å². The fourth-order valence-corrected chi connectivity index (χ4v) is 2.64. The topological polar surface area (TPSA) is 70.7 Å². The molecule has 0 fully saturated rings. The molecule has 0 bridgehead atoms. The van der Waals surface area contributed by atoms with Gasteiger partial charge in [0, 0.05) is 19.7 Å². The number of hydrogen-bond acceptors (Lipinski definition) is 4. The van der Waals surface area contributed by atoms with Crippen LogP contribution in [0.3, 0.4) is 0 Å². The highest BCUT2D eigenvalue weighted by atomic mass is 16.3. The number of aromatic nitrogens is 2. The number of benzene rings is 1. The highest BCUT2D eigenvalue weighted by molar-refractivity contribution is 6.19. The molecular weight excluding hydrogens is 268 g/mol. The molecule has 108 valence electrons. The number of aliphatic hydroxyl groups excluding tert-OH is 1. The van der Waals surface area contributed by atoms with Gasteiger partial charge in [-0.3, -0.25) is 14.4 Å². The number of aryl methyl sites for hydroxylation is 2. The van der Waals surface area contributed by atoms with Gasteiger partial charge in [0.2, 0.25) is 6.23 Å². The maximum absolute atomic E-state index is 12.2. The minimum absolute atomic E-state index is 0.467. The first kappa shape index (κ1) is 13.5. The number of fused-ring (bicyclic) bond motifs is 1. The number of likely N-dealkylation sites (N-methyl/N-ethyl adjacent to an activating group) is 1. The van der Waals surface area contributed by atoms with Gasteiger partial charge in [0.1, 0.15) is 5.82 Å². The second-order valence-electron chi connectivity index (χ2n) is 5.02. The van der Waals surface area contributed by atoms with Crippen molar-refractivity contribution in [2.24, 2.45) is 12.0 Å². The fraction of sp³-hybridized carbons (Fsp3) is 0.267. The van der Waals surface area contributed by atoms with E-state index in [0.717, 1.165) is 16.8 Å². The summed E-state index contributed by atoms with van der Waals surface area (Å²) in [4.78, 5) is 17.8. The van der Waals surface area contributed by atoms with Crippen molar-refractivity contribution in [3.05, 3.63) is 47.2 Å². The number of hydrogen-bond donors (Lipinski definition) is 1. The standard InChI is InChI=1S/C15H16N4O2/c1-9-11-12(10-7-5-4-6-8-10)16-13(20)15(21)18(2)14(11)19(3)17-9/h4-8,13,20H,1-3H3. The number of aliphatic hydroxyl groups is 1. The molecule has 1 amide bonds. The van der Waals surface area contributed by atoms with Gasteiger partial charge in [0.15, 0.2) is 0 Å². The number of carbonyl (C=O) groups is 1. The molecule has 0 saturated heterocycles. The van der Waals surface area contributed by atoms with Crippen molar-refractivity contribution in [3.8, 4) is 0 Å². The Morgan fingerprint density at radius 3 is 2.52 bits per heavy atom. The van der Waals surface area contributed by atoms with Crippen LogP contribution >= 0.6 is 0 Å². The quantitative estimate of drug-likeness (QED) is 0.844. The van der Waals surface area contributed by atoms with Crippen molar-refractivity contribution in [3.63, 3.8) is 0 Å². The molecule has 1 unspecified atom stereocenters. The molecule has 1 aromatic carbocycles. The molecule has 2 aromatic rings. The summed E-state index contributed by atoms with van der Waals surface area (Å²) >= 11 is 0. The smallest absolute Gasteiger partial charge is 0.279 e. The molecule has 0 saturated carbocycles. The summed E-state index contributed by atoms with van der Waals surface area (Å²) < 4.78 is 1.64. The molecule has 3 rings (SSSR count). The second-order valence-corrected chi connectivity index (χ2v) is 5.02. The van der Waals surface area contributed by atoms with Crippen LogP contribution in [0.2, 0.25) is 0 Å². The minimum atomic E-state index is -1.41. The zero-order valence-electron chi connectivity index (χ0n) is 12.1. The molecule has 6 nitrogen and oxygen atoms in total. The van der Waals surface area contributed by atoms with E-state index in [2.05, 4.69) is 10.1 Å². The average Bonchev–Trinajstić information content (AvgIpc) is 2.72. The van der Waals surface area contributed by atoms with E-state index in [9.17, 15) is 9.90 Å². The summed E-state index contributed by atoms with van der Waals surface area (Å²) in [5, 5.41) is 14.4. The molecule has 2 heterocycles. The summed E-state index contributed by atoms with van der Waals surface area (Å²) in [5.74, 6) is 0.168. The van der Waals surface area contributed by atoms with Gasteiger partial charge in [-0.15, -0.1) is 0 Å². The van der Waals surface area contributed by atoms with Crippen LogP contribution in [0.25, 0.3) is 0 Å². The van der Waals surface area contributed by atoms with Gasteiger partial charge < -0.3 is 5.11 Å². The van der Waals surface area contributed by atoms with E-state index in [-0.39, 0.29) is 0 Å². The van der Waals surface area contributed by atoms with Crippen molar-refractivity contribution < 1.29 is 9.90 Å². The van der Waals surface area contributed by atoms with E-state index in [1.165, 1.54) is 4.90 Å². The predicted molar refractivity (Wildman–Crippen MR) is 79.4 cm³/mol. The molecule has 0 spiro atoms. The molecule has 1 aliphatic heterocycles. The lowest BCUT2D eigenvalue weighted by Crippen LogP contribution is -2.35. The zero-order chi connectivity index (χ0) is 15.1. The lowest BCUT2D eigenvalue weighted by molar-refractivity contribution is -0.125. The minimum Gasteiger partial charge on any atom is -0.364 e. The van der Waals surface area contributed by atoms with Gasteiger partial charge in [-0.2, -0.15) is 5.10 Å². The van der Waals surface area contributed by atoms with Crippen LogP contribution in [0.1, 0.15) is 16.8 Å². The molecule has 1 N–H and O–H groups in total. The van der Waals surface area contributed by atoms with E-state index in [4.69, 9.17) is 0 Å². The Balaban J connectivity index is 2.31. The maximum Gasteiger partial charge on any atom is 0.279 e. The summed E-state index contributed by atoms with van der Waals surface area (Å²) in [6, 6.07) is 9.50. The molecule has 21 heavy (non-hydrogen) atoms. The van der Waals surface area contributed by atoms with Gasteiger partial charge in [-0.1, -0.05) is 30.3 Å². The summed E-state index contributed by atoms with van der Waals surface area (Å²) in [7, 11) is 3.39. The van der Waals surface area contributed by atoms with E-state index < -0.39 is 12.1 Å². The SMILES string of the molecule is Cc1nn(C)c2c1C(c1ccccc1)=NC(O)C(=O)N2C. The first-order valence-corrected chi connectivity index (χ1v) is 6.63. The van der Waals surface area contributed by atoms with Crippen LogP contribution < -0.4 is 4.90 Å². The van der Waals surface area contributed by atoms with Crippen LogP contribution in [0, 0.1) is 6.92 Å². The Hall–Kier alpha value is -2.47. The van der Waals surface area contributed by atoms with E-state index in [1.54, 1.807) is 18.8 Å². The van der Waals surface area contributed by atoms with E-state index in [0.29, 0.717) is 11.5 Å². The van der Waals surface area contributed by atoms with Gasteiger partial charge in [-0.25, -0.2) is 4.99 Å². The van der Waals surface area contributed by atoms with Crippen molar-refractivity contribution >= 4 is 17.4 Å². The lowest BCUT2D eigenvalue weighted by Gasteiger charge is -2.17. The van der Waals surface area contributed by atoms with Crippen molar-refractivity contribution in [1.82, 2.24) is 9.78 Å². The molecule has 1 aliphatic rings. The average molecular weight is 284 g/mol. The predicted octanol–water partition coefficient (Wildman–Crippen LogP) is 0.861. The second kappa shape index (κ2) is 4.82. The highest BCUT2D eigenvalue weighted by Crippen LogP contribution is 2.29. The number of anilines is 1. The van der Waals surface area contributed by atoms with Crippen LogP contribution in [-0.4, -0.2) is 39.8 Å². The number of amides is 1. The van der Waals surface area contributed by atoms with Gasteiger partial charge in [0.05, 0.1) is 17.0 Å². The Labute approximate surface area is 122 Å². The number of carbonyl (C=O) groups excluding carboxylic acids is 1. The monoisotopic (exact) mass is 284 g/mol. The third-order valence-electron chi connectivity index (χ3n) is 3.60. The molecular formula is C15H16N4O2. The molecule has 1 aromatic heterocycles. The highest BCUT2D eigenvalue weighted by Gasteiger charge is 2.32. The van der Waals surface area contributed by atoms with Crippen LogP contribution in [0.5, 0.6) is 0 Å². The first-order valence-electron chi connectivity index (χ1n) is 6.63. The van der Waals surface area contributed by atoms with Crippen molar-refractivity contribution in [2.75, 3.05) is 11.9 Å². The Morgan fingerprint density at radius 2 is 1.86 bits per heavy atom. The van der Waals surface area contributed by atoms with Crippen molar-refractivity contribution in [2.45, 2.75) is 13.2 Å². The van der Waals surface area contributed by atoms with Crippen LogP contribution in [0.15, 0.2) is 35.3 Å². The number of nitrogens with zero attached hydrogens (tertiary/aromatic N) is 4. The third kappa shape index (κ3) is 2.04. The largest absolute Gasteiger partial charge is 0.364 e. The lowest BCUT2D eigenvalue weighted by atomic mass is 10.0. The van der Waals surface area contributed by atoms with Crippen LogP contribution in [0.4, 0.5) is 5.82 Å². The zero-order valence-corrected chi connectivity index (χ0v) is 12.1. The van der Waals surface area contributed by atoms with Gasteiger partial charge in [-0.05, 0) is 6.92 Å². The molecule has 0 aliphatic carbocycles. The van der Waals surface area contributed by atoms with E-state index in [1.807, 2.05) is 37.3 Å². The molecule has 1 atom stereocenters. The summed E-state index contributed by atoms with van der Waals surface area (Å²) in [6.45, 7) is 1.87. The molecule has 0 radical (unpaired) electrons. The normalized spacial score (nSPS) is 18.3. The number of aliphatic imine (C=N–C) groups is 1. The van der Waals surface area contributed by atoms with Gasteiger partial charge >= 0.3 is 0 Å². The number of rotatable bonds is 1.